The normalized spacial score (nSPS) is 17.3. The minimum atomic E-state index is -0.138. The number of aromatic nitrogens is 2. The van der Waals surface area contributed by atoms with E-state index in [1.165, 1.54) is 0 Å². The van der Waals surface area contributed by atoms with Gasteiger partial charge in [0, 0.05) is 36.7 Å². The summed E-state index contributed by atoms with van der Waals surface area (Å²) in [7, 11) is 1.64. The van der Waals surface area contributed by atoms with Crippen LogP contribution < -0.4 is 4.74 Å². The zero-order valence-electron chi connectivity index (χ0n) is 19.6. The molecule has 35 heavy (non-hydrogen) atoms. The Morgan fingerprint density at radius 3 is 2.60 bits per heavy atom. The van der Waals surface area contributed by atoms with E-state index in [1.807, 2.05) is 40.8 Å². The maximum Gasteiger partial charge on any atom is 0.272 e. The highest BCUT2D eigenvalue weighted by Gasteiger charge is 2.37. The van der Waals surface area contributed by atoms with Gasteiger partial charge in [-0.25, -0.2) is 0 Å². The number of rotatable bonds is 5. The van der Waals surface area contributed by atoms with Crippen molar-refractivity contribution in [1.82, 2.24) is 19.6 Å². The SMILES string of the molecule is COc1ccc(CCN2CCn3nc4c(c3C2=O)CN(C(=O)c2ccc(Cl)c(Cl)c2)[C@H](C)C4)cc1. The van der Waals surface area contributed by atoms with Crippen LogP contribution in [-0.2, 0) is 25.9 Å². The summed E-state index contributed by atoms with van der Waals surface area (Å²) in [4.78, 5) is 30.5. The van der Waals surface area contributed by atoms with Crippen LogP contribution in [0.25, 0.3) is 0 Å². The fourth-order valence-electron chi connectivity index (χ4n) is 4.80. The van der Waals surface area contributed by atoms with E-state index in [1.54, 1.807) is 30.2 Å². The number of amides is 2. The number of hydrogen-bond donors (Lipinski definition) is 0. The summed E-state index contributed by atoms with van der Waals surface area (Å²) in [5, 5.41) is 5.48. The quantitative estimate of drug-likeness (QED) is 0.505. The number of halogens is 2. The zero-order valence-corrected chi connectivity index (χ0v) is 21.1. The molecule has 5 rings (SSSR count). The van der Waals surface area contributed by atoms with E-state index in [-0.39, 0.29) is 17.9 Å². The highest BCUT2D eigenvalue weighted by atomic mass is 35.5. The van der Waals surface area contributed by atoms with Gasteiger partial charge in [-0.3, -0.25) is 14.3 Å². The Hall–Kier alpha value is -3.03. The first-order valence-corrected chi connectivity index (χ1v) is 12.4. The molecule has 0 radical (unpaired) electrons. The second-order valence-electron chi connectivity index (χ2n) is 9.00. The summed E-state index contributed by atoms with van der Waals surface area (Å²) < 4.78 is 7.04. The van der Waals surface area contributed by atoms with Gasteiger partial charge in [0.05, 0.1) is 35.9 Å². The molecule has 3 aromatic rings. The third-order valence-electron chi connectivity index (χ3n) is 6.81. The molecule has 7 nitrogen and oxygen atoms in total. The maximum absolute atomic E-state index is 13.5. The van der Waals surface area contributed by atoms with Crippen molar-refractivity contribution in [3.63, 3.8) is 0 Å². The molecule has 0 N–H and O–H groups in total. The van der Waals surface area contributed by atoms with Crippen molar-refractivity contribution in [3.05, 3.63) is 80.6 Å². The largest absolute Gasteiger partial charge is 0.497 e. The van der Waals surface area contributed by atoms with E-state index >= 15 is 0 Å². The predicted molar refractivity (Wildman–Crippen MR) is 134 cm³/mol. The topological polar surface area (TPSA) is 67.7 Å². The van der Waals surface area contributed by atoms with Gasteiger partial charge in [0.2, 0.25) is 0 Å². The van der Waals surface area contributed by atoms with Crippen molar-refractivity contribution >= 4 is 35.0 Å². The first-order valence-electron chi connectivity index (χ1n) is 11.6. The monoisotopic (exact) mass is 512 g/mol. The third-order valence-corrected chi connectivity index (χ3v) is 7.55. The van der Waals surface area contributed by atoms with Gasteiger partial charge in [-0.15, -0.1) is 0 Å². The summed E-state index contributed by atoms with van der Waals surface area (Å²) in [6.07, 6.45) is 1.35. The molecule has 2 amide bonds. The van der Waals surface area contributed by atoms with Crippen molar-refractivity contribution in [2.24, 2.45) is 0 Å². The molecule has 0 aliphatic carbocycles. The Balaban J connectivity index is 1.35. The molecular formula is C26H26Cl2N4O3. The third kappa shape index (κ3) is 4.50. The highest BCUT2D eigenvalue weighted by Crippen LogP contribution is 2.31. The van der Waals surface area contributed by atoms with E-state index in [9.17, 15) is 9.59 Å². The molecule has 0 saturated heterocycles. The highest BCUT2D eigenvalue weighted by molar-refractivity contribution is 6.42. The van der Waals surface area contributed by atoms with Crippen molar-refractivity contribution in [2.45, 2.75) is 38.9 Å². The lowest BCUT2D eigenvalue weighted by atomic mass is 9.97. The second-order valence-corrected chi connectivity index (χ2v) is 9.82. The van der Waals surface area contributed by atoms with Gasteiger partial charge >= 0.3 is 0 Å². The van der Waals surface area contributed by atoms with Crippen LogP contribution in [0.1, 0.15) is 44.6 Å². The number of methoxy groups -OCH3 is 1. The average Bonchev–Trinajstić information content (AvgIpc) is 3.22. The van der Waals surface area contributed by atoms with Crippen LogP contribution in [0.5, 0.6) is 5.75 Å². The number of fused-ring (bicyclic) bond motifs is 3. The number of ether oxygens (including phenoxy) is 1. The summed E-state index contributed by atoms with van der Waals surface area (Å²) in [5.74, 6) is 0.642. The lowest BCUT2D eigenvalue weighted by Crippen LogP contribution is -2.44. The number of carbonyl (C=O) groups is 2. The number of carbonyl (C=O) groups excluding carboxylic acids is 2. The molecule has 0 spiro atoms. The van der Waals surface area contributed by atoms with Crippen molar-refractivity contribution in [3.8, 4) is 5.75 Å². The molecule has 1 atom stereocenters. The molecule has 2 aromatic carbocycles. The first-order chi connectivity index (χ1) is 16.9. The molecule has 0 saturated carbocycles. The first kappa shape index (κ1) is 23.7. The molecule has 182 valence electrons. The van der Waals surface area contributed by atoms with Crippen molar-refractivity contribution in [1.29, 1.82) is 0 Å². The molecule has 0 unspecified atom stereocenters. The molecule has 2 aliphatic rings. The fraction of sp³-hybridized carbons (Fsp3) is 0.346. The number of benzene rings is 2. The van der Waals surface area contributed by atoms with Crippen LogP contribution in [0.4, 0.5) is 0 Å². The van der Waals surface area contributed by atoms with Crippen LogP contribution in [0, 0.1) is 0 Å². The Kier molecular flexibility index (Phi) is 6.47. The van der Waals surface area contributed by atoms with E-state index < -0.39 is 0 Å². The maximum atomic E-state index is 13.5. The Bertz CT molecular complexity index is 1290. The Labute approximate surface area is 214 Å². The van der Waals surface area contributed by atoms with Gasteiger partial charge in [-0.05, 0) is 49.2 Å². The average molecular weight is 513 g/mol. The summed E-state index contributed by atoms with van der Waals surface area (Å²) >= 11 is 12.2. The van der Waals surface area contributed by atoms with E-state index in [2.05, 4.69) is 0 Å². The van der Waals surface area contributed by atoms with Gasteiger partial charge in [-0.1, -0.05) is 35.3 Å². The molecular weight excluding hydrogens is 487 g/mol. The Morgan fingerprint density at radius 2 is 1.89 bits per heavy atom. The molecule has 1 aromatic heterocycles. The zero-order chi connectivity index (χ0) is 24.7. The molecule has 0 fully saturated rings. The van der Waals surface area contributed by atoms with Gasteiger partial charge in [0.1, 0.15) is 11.4 Å². The van der Waals surface area contributed by atoms with Gasteiger partial charge in [0.25, 0.3) is 11.8 Å². The van der Waals surface area contributed by atoms with Crippen LogP contribution in [0.15, 0.2) is 42.5 Å². The van der Waals surface area contributed by atoms with E-state index in [4.69, 9.17) is 33.0 Å². The molecule has 2 aliphatic heterocycles. The van der Waals surface area contributed by atoms with Crippen molar-refractivity contribution in [2.75, 3.05) is 20.2 Å². The van der Waals surface area contributed by atoms with Crippen LogP contribution in [0.2, 0.25) is 10.0 Å². The van der Waals surface area contributed by atoms with Gasteiger partial charge in [-0.2, -0.15) is 5.10 Å². The molecule has 9 heteroatoms. The van der Waals surface area contributed by atoms with Gasteiger partial charge < -0.3 is 14.5 Å². The molecule has 3 heterocycles. The minimum absolute atomic E-state index is 0.0324. The summed E-state index contributed by atoms with van der Waals surface area (Å²) in [6, 6.07) is 12.7. The molecule has 0 bridgehead atoms. The van der Waals surface area contributed by atoms with Crippen LogP contribution in [-0.4, -0.2) is 57.6 Å². The van der Waals surface area contributed by atoms with E-state index in [0.29, 0.717) is 53.9 Å². The second kappa shape index (κ2) is 9.55. The fourth-order valence-corrected chi connectivity index (χ4v) is 5.10. The smallest absolute Gasteiger partial charge is 0.272 e. The minimum Gasteiger partial charge on any atom is -0.497 e. The Morgan fingerprint density at radius 1 is 1.11 bits per heavy atom. The summed E-state index contributed by atoms with van der Waals surface area (Å²) in [6.45, 7) is 4.21. The lowest BCUT2D eigenvalue weighted by molar-refractivity contribution is 0.0641. The lowest BCUT2D eigenvalue weighted by Gasteiger charge is -2.34. The summed E-state index contributed by atoms with van der Waals surface area (Å²) in [5.41, 5.74) is 3.96. The van der Waals surface area contributed by atoms with Crippen molar-refractivity contribution < 1.29 is 14.3 Å². The van der Waals surface area contributed by atoms with Gasteiger partial charge in [0.15, 0.2) is 0 Å². The standard InChI is InChI=1S/C26H26Cl2N4O3/c1-16-13-23-20(15-31(16)25(33)18-5-8-21(27)22(28)14-18)24-26(34)30(11-12-32(24)29-23)10-9-17-3-6-19(35-2)7-4-17/h3-8,14,16H,9-13,15H2,1-2H3/t16-/m1/s1. The van der Waals surface area contributed by atoms with Crippen LogP contribution >= 0.6 is 23.2 Å². The number of nitrogens with zero attached hydrogens (tertiary/aromatic N) is 4. The van der Waals surface area contributed by atoms with Crippen LogP contribution in [0.3, 0.4) is 0 Å². The number of hydrogen-bond acceptors (Lipinski definition) is 4. The van der Waals surface area contributed by atoms with E-state index in [0.717, 1.165) is 29.0 Å². The predicted octanol–water partition coefficient (Wildman–Crippen LogP) is 4.48.